The largest absolute Gasteiger partial charge is 0.505 e. The van der Waals surface area contributed by atoms with Crippen LogP contribution in [0.4, 0.5) is 4.39 Å². The third kappa shape index (κ3) is 4.71. The number of rotatable bonds is 6. The zero-order valence-electron chi connectivity index (χ0n) is 10.6. The number of aromatic hydroxyl groups is 1. The lowest BCUT2D eigenvalue weighted by Crippen LogP contribution is -2.09. The first-order valence-electron chi connectivity index (χ1n) is 5.97. The van der Waals surface area contributed by atoms with Crippen LogP contribution in [0.15, 0.2) is 30.4 Å². The molecule has 0 aromatic heterocycles. The zero-order valence-corrected chi connectivity index (χ0v) is 10.6. The molecule has 0 aliphatic rings. The van der Waals surface area contributed by atoms with Crippen molar-refractivity contribution in [2.75, 3.05) is 0 Å². The Kier molecular flexibility index (Phi) is 5.51. The van der Waals surface area contributed by atoms with Gasteiger partial charge in [-0.1, -0.05) is 19.1 Å². The number of phenols is 1. The van der Waals surface area contributed by atoms with E-state index in [2.05, 4.69) is 0 Å². The summed E-state index contributed by atoms with van der Waals surface area (Å²) in [5.74, 6) is -2.38. The summed E-state index contributed by atoms with van der Waals surface area (Å²) in [7, 11) is 0. The summed E-state index contributed by atoms with van der Waals surface area (Å²) in [6, 6.07) is 3.77. The van der Waals surface area contributed by atoms with Crippen LogP contribution in [0.3, 0.4) is 0 Å². The molecule has 1 aromatic rings. The van der Waals surface area contributed by atoms with Gasteiger partial charge in [-0.25, -0.2) is 9.18 Å². The van der Waals surface area contributed by atoms with Crippen molar-refractivity contribution in [3.63, 3.8) is 0 Å². The van der Waals surface area contributed by atoms with E-state index in [1.54, 1.807) is 6.92 Å². The van der Waals surface area contributed by atoms with Crippen LogP contribution in [0.1, 0.15) is 31.4 Å². The third-order valence-electron chi connectivity index (χ3n) is 2.90. The Bertz CT molecular complexity index is 471. The highest BCUT2D eigenvalue weighted by molar-refractivity contribution is 5.79. The average Bonchev–Trinajstić information content (AvgIpc) is 2.36. The minimum absolute atomic E-state index is 0.151. The van der Waals surface area contributed by atoms with Crippen LogP contribution in [0.2, 0.25) is 0 Å². The van der Waals surface area contributed by atoms with Gasteiger partial charge in [-0.3, -0.25) is 0 Å². The van der Waals surface area contributed by atoms with Crippen LogP contribution in [-0.4, -0.2) is 21.3 Å². The van der Waals surface area contributed by atoms with E-state index in [0.29, 0.717) is 18.4 Å². The highest BCUT2D eigenvalue weighted by Gasteiger charge is 2.17. The minimum Gasteiger partial charge on any atom is -0.505 e. The highest BCUT2D eigenvalue weighted by Crippen LogP contribution is 2.28. The minimum atomic E-state index is -1.01. The number of aliphatic hydroxyl groups is 1. The van der Waals surface area contributed by atoms with Crippen molar-refractivity contribution in [2.24, 2.45) is 5.92 Å². The number of carboxylic acids is 1. The van der Waals surface area contributed by atoms with Crippen molar-refractivity contribution in [1.29, 1.82) is 0 Å². The Morgan fingerprint density at radius 1 is 1.47 bits per heavy atom. The van der Waals surface area contributed by atoms with Gasteiger partial charge in [0.1, 0.15) is 0 Å². The Hall–Kier alpha value is -1.88. The molecule has 104 valence electrons. The number of phenolic OH excluding ortho intramolecular Hbond substituents is 1. The molecule has 0 saturated carbocycles. The molecule has 0 radical (unpaired) electrons. The number of benzene rings is 1. The Labute approximate surface area is 110 Å². The van der Waals surface area contributed by atoms with Crippen molar-refractivity contribution in [1.82, 2.24) is 0 Å². The summed E-state index contributed by atoms with van der Waals surface area (Å²) < 4.78 is 13.2. The molecule has 0 unspecified atom stereocenters. The quantitative estimate of drug-likeness (QED) is 0.693. The van der Waals surface area contributed by atoms with Crippen molar-refractivity contribution >= 4 is 5.97 Å². The number of halogens is 1. The number of allylic oxidation sites excluding steroid dienone is 1. The normalized spacial score (nSPS) is 14.5. The summed E-state index contributed by atoms with van der Waals surface area (Å²) in [4.78, 5) is 10.3. The molecule has 0 fully saturated rings. The summed E-state index contributed by atoms with van der Waals surface area (Å²) in [6.45, 7) is 1.80. The first kappa shape index (κ1) is 15.2. The van der Waals surface area contributed by atoms with Crippen LogP contribution in [0.25, 0.3) is 0 Å². The maximum Gasteiger partial charge on any atom is 0.327 e. The van der Waals surface area contributed by atoms with Gasteiger partial charge in [0.05, 0.1) is 6.10 Å². The van der Waals surface area contributed by atoms with Gasteiger partial charge in [-0.2, -0.15) is 0 Å². The van der Waals surface area contributed by atoms with Crippen LogP contribution in [0.5, 0.6) is 5.75 Å². The van der Waals surface area contributed by atoms with Gasteiger partial charge >= 0.3 is 5.97 Å². The van der Waals surface area contributed by atoms with Crippen LogP contribution in [0, 0.1) is 11.7 Å². The van der Waals surface area contributed by atoms with E-state index in [1.807, 2.05) is 0 Å². The molecule has 0 saturated heterocycles. The maximum absolute atomic E-state index is 13.2. The number of hydrogen-bond donors (Lipinski definition) is 3. The van der Waals surface area contributed by atoms with Gasteiger partial charge in [0.25, 0.3) is 0 Å². The molecule has 0 aliphatic heterocycles. The summed E-state index contributed by atoms with van der Waals surface area (Å²) in [5.41, 5.74) is 0.394. The zero-order chi connectivity index (χ0) is 14.4. The average molecular weight is 268 g/mol. The molecule has 2 atom stereocenters. The number of aliphatic hydroxyl groups excluding tert-OH is 1. The predicted octanol–water partition coefficient (Wildman–Crippen LogP) is 2.62. The second-order valence-electron chi connectivity index (χ2n) is 4.45. The smallest absolute Gasteiger partial charge is 0.327 e. The molecule has 19 heavy (non-hydrogen) atoms. The molecule has 0 amide bonds. The standard InChI is InChI=1S/C14H17FO4/c1-9(4-2-3-5-13(17)18)14(19)10-6-7-12(16)11(15)8-10/h3,5-9,14,16,19H,2,4H2,1H3,(H,17,18)/b5-3+/t9-,14+/m0/s1. The summed E-state index contributed by atoms with van der Waals surface area (Å²) >= 11 is 0. The fourth-order valence-corrected chi connectivity index (χ4v) is 1.74. The van der Waals surface area contributed by atoms with Gasteiger partial charge in [0.2, 0.25) is 0 Å². The SMILES string of the molecule is C[C@@H](CC/C=C/C(=O)O)[C@@H](O)c1ccc(O)c(F)c1. The monoisotopic (exact) mass is 268 g/mol. The van der Waals surface area contributed by atoms with Crippen LogP contribution >= 0.6 is 0 Å². The second-order valence-corrected chi connectivity index (χ2v) is 4.45. The lowest BCUT2D eigenvalue weighted by molar-refractivity contribution is -0.131. The first-order chi connectivity index (χ1) is 8.91. The predicted molar refractivity (Wildman–Crippen MR) is 68.2 cm³/mol. The van der Waals surface area contributed by atoms with Gasteiger partial charge in [-0.15, -0.1) is 0 Å². The van der Waals surface area contributed by atoms with Gasteiger partial charge in [0, 0.05) is 6.08 Å². The summed E-state index contributed by atoms with van der Waals surface area (Å²) in [5, 5.41) is 27.5. The molecular formula is C14H17FO4. The van der Waals surface area contributed by atoms with Crippen LogP contribution in [-0.2, 0) is 4.79 Å². The topological polar surface area (TPSA) is 77.8 Å². The fourth-order valence-electron chi connectivity index (χ4n) is 1.74. The van der Waals surface area contributed by atoms with E-state index in [9.17, 15) is 14.3 Å². The van der Waals surface area contributed by atoms with Gasteiger partial charge in [0.15, 0.2) is 11.6 Å². The number of hydrogen-bond acceptors (Lipinski definition) is 3. The Morgan fingerprint density at radius 2 is 2.16 bits per heavy atom. The third-order valence-corrected chi connectivity index (χ3v) is 2.90. The van der Waals surface area contributed by atoms with Crippen molar-refractivity contribution in [3.8, 4) is 5.75 Å². The Morgan fingerprint density at radius 3 is 2.74 bits per heavy atom. The molecule has 3 N–H and O–H groups in total. The number of carbonyl (C=O) groups is 1. The molecule has 1 aromatic carbocycles. The first-order valence-corrected chi connectivity index (χ1v) is 5.97. The van der Waals surface area contributed by atoms with E-state index >= 15 is 0 Å². The van der Waals surface area contributed by atoms with Gasteiger partial charge < -0.3 is 15.3 Å². The summed E-state index contributed by atoms with van der Waals surface area (Å²) in [6.07, 6.45) is 2.81. The number of aliphatic carboxylic acids is 1. The highest BCUT2D eigenvalue weighted by atomic mass is 19.1. The second kappa shape index (κ2) is 6.89. The van der Waals surface area contributed by atoms with Crippen molar-refractivity contribution in [3.05, 3.63) is 41.7 Å². The van der Waals surface area contributed by atoms with Crippen LogP contribution < -0.4 is 0 Å². The number of carboxylic acid groups (broad SMARTS) is 1. The van der Waals surface area contributed by atoms with E-state index in [0.717, 1.165) is 12.1 Å². The van der Waals surface area contributed by atoms with Gasteiger partial charge in [-0.05, 0) is 36.5 Å². The van der Waals surface area contributed by atoms with E-state index in [-0.39, 0.29) is 5.92 Å². The van der Waals surface area contributed by atoms with Crippen molar-refractivity contribution < 1.29 is 24.5 Å². The molecule has 0 heterocycles. The lowest BCUT2D eigenvalue weighted by atomic mass is 9.93. The molecule has 4 nitrogen and oxygen atoms in total. The van der Waals surface area contributed by atoms with E-state index < -0.39 is 23.6 Å². The molecule has 0 bridgehead atoms. The molecular weight excluding hydrogens is 251 g/mol. The fraction of sp³-hybridized carbons (Fsp3) is 0.357. The Balaban J connectivity index is 2.58. The van der Waals surface area contributed by atoms with E-state index in [4.69, 9.17) is 10.2 Å². The molecule has 1 rings (SSSR count). The van der Waals surface area contributed by atoms with E-state index in [1.165, 1.54) is 18.2 Å². The molecule has 5 heteroatoms. The molecule has 0 aliphatic carbocycles. The van der Waals surface area contributed by atoms with Crippen molar-refractivity contribution in [2.45, 2.75) is 25.9 Å². The lowest BCUT2D eigenvalue weighted by Gasteiger charge is -2.18. The maximum atomic E-state index is 13.2. The molecule has 0 spiro atoms.